The number of guanidine groups is 1. The van der Waals surface area contributed by atoms with Gasteiger partial charge in [-0.2, -0.15) is 0 Å². The van der Waals surface area contributed by atoms with Gasteiger partial charge in [0.05, 0.1) is 18.6 Å². The van der Waals surface area contributed by atoms with Crippen LogP contribution in [0.25, 0.3) is 0 Å². The van der Waals surface area contributed by atoms with Crippen molar-refractivity contribution in [3.63, 3.8) is 0 Å². The molecule has 0 aromatic heterocycles. The van der Waals surface area contributed by atoms with Gasteiger partial charge in [0.2, 0.25) is 5.91 Å². The Bertz CT molecular complexity index is 632. The van der Waals surface area contributed by atoms with Crippen molar-refractivity contribution in [1.29, 1.82) is 5.41 Å². The van der Waals surface area contributed by atoms with E-state index < -0.39 is 12.0 Å². The Labute approximate surface area is 191 Å². The number of amides is 1. The number of carbonyl (C=O) groups excluding carboxylic acids is 1. The molecule has 1 aliphatic carbocycles. The van der Waals surface area contributed by atoms with Crippen LogP contribution in [0.5, 0.6) is 0 Å². The minimum atomic E-state index is -0.934. The van der Waals surface area contributed by atoms with Gasteiger partial charge in [-0.3, -0.25) is 15.0 Å². The van der Waals surface area contributed by atoms with E-state index in [1.165, 1.54) is 12.8 Å². The van der Waals surface area contributed by atoms with Crippen LogP contribution in [0.2, 0.25) is 0 Å². The standard InChI is InChI=1S/C23H41N5O4/c24-23(25)27-12-8-19(9-13-27)32-14-10-18-7-3-4-11-28(18)22(31)20(15-21(29)30)26-16-17-5-1-2-6-17/h17-20,26H,1-16H2,(H3,24,25)(H,29,30)/t18?,20-/m0/s1. The SMILES string of the molecule is N=C(N)N1CCC(OCCC2CCCCN2C(=O)[C@H](CC(=O)O)NCC2CCCC2)CC1. The zero-order chi connectivity index (χ0) is 22.9. The van der Waals surface area contributed by atoms with Crippen molar-refractivity contribution < 1.29 is 19.4 Å². The molecule has 2 heterocycles. The Kier molecular flexibility index (Phi) is 9.59. The number of carboxylic acid groups (broad SMARTS) is 1. The summed E-state index contributed by atoms with van der Waals surface area (Å²) in [6.45, 7) is 3.51. The highest BCUT2D eigenvalue weighted by atomic mass is 16.5. The Morgan fingerprint density at radius 2 is 1.75 bits per heavy atom. The molecule has 9 heteroatoms. The molecule has 3 fully saturated rings. The van der Waals surface area contributed by atoms with E-state index in [1.54, 1.807) is 0 Å². The minimum absolute atomic E-state index is 0.0649. The number of rotatable bonds is 10. The normalized spacial score (nSPS) is 23.9. The molecule has 32 heavy (non-hydrogen) atoms. The maximum Gasteiger partial charge on any atom is 0.305 e. The van der Waals surface area contributed by atoms with E-state index in [-0.39, 0.29) is 30.4 Å². The lowest BCUT2D eigenvalue weighted by Gasteiger charge is -2.38. The van der Waals surface area contributed by atoms with Crippen LogP contribution in [0.1, 0.15) is 70.6 Å². The van der Waals surface area contributed by atoms with Crippen molar-refractivity contribution in [2.24, 2.45) is 11.7 Å². The molecule has 9 nitrogen and oxygen atoms in total. The Hall–Kier alpha value is -1.87. The monoisotopic (exact) mass is 451 g/mol. The van der Waals surface area contributed by atoms with Crippen LogP contribution >= 0.6 is 0 Å². The molecule has 1 saturated carbocycles. The minimum Gasteiger partial charge on any atom is -0.481 e. The van der Waals surface area contributed by atoms with Crippen LogP contribution in [-0.4, -0.2) is 83.7 Å². The largest absolute Gasteiger partial charge is 0.481 e. The summed E-state index contributed by atoms with van der Waals surface area (Å²) in [6, 6.07) is -0.538. The summed E-state index contributed by atoms with van der Waals surface area (Å²) >= 11 is 0. The molecule has 3 aliphatic rings. The molecule has 0 spiro atoms. The summed E-state index contributed by atoms with van der Waals surface area (Å²) < 4.78 is 6.10. The van der Waals surface area contributed by atoms with Crippen molar-refractivity contribution in [1.82, 2.24) is 15.1 Å². The van der Waals surface area contributed by atoms with Crippen LogP contribution in [0.15, 0.2) is 0 Å². The third-order valence-electron chi connectivity index (χ3n) is 7.30. The molecule has 0 radical (unpaired) electrons. The smallest absolute Gasteiger partial charge is 0.305 e. The molecular formula is C23H41N5O4. The molecule has 0 bridgehead atoms. The van der Waals surface area contributed by atoms with Gasteiger partial charge in [-0.25, -0.2) is 0 Å². The number of hydrogen-bond acceptors (Lipinski definition) is 5. The Morgan fingerprint density at radius 1 is 1.06 bits per heavy atom. The number of hydrogen-bond donors (Lipinski definition) is 4. The zero-order valence-corrected chi connectivity index (χ0v) is 19.3. The summed E-state index contributed by atoms with van der Waals surface area (Å²) in [4.78, 5) is 28.5. The van der Waals surface area contributed by atoms with Crippen LogP contribution in [0.4, 0.5) is 0 Å². The highest BCUT2D eigenvalue weighted by molar-refractivity contribution is 5.86. The summed E-state index contributed by atoms with van der Waals surface area (Å²) in [5.74, 6) is -0.322. The second-order valence-electron chi connectivity index (χ2n) is 9.62. The Balaban J connectivity index is 1.48. The van der Waals surface area contributed by atoms with Crippen LogP contribution in [0.3, 0.4) is 0 Å². The van der Waals surface area contributed by atoms with Gasteiger partial charge in [0.1, 0.15) is 0 Å². The van der Waals surface area contributed by atoms with Gasteiger partial charge in [0.15, 0.2) is 5.96 Å². The fraction of sp³-hybridized carbons (Fsp3) is 0.870. The predicted molar refractivity (Wildman–Crippen MR) is 122 cm³/mol. The maximum absolute atomic E-state index is 13.3. The van der Waals surface area contributed by atoms with E-state index in [0.29, 0.717) is 19.1 Å². The second kappa shape index (κ2) is 12.4. The molecule has 5 N–H and O–H groups in total. The number of carboxylic acids is 1. The lowest BCUT2D eigenvalue weighted by molar-refractivity contribution is -0.144. The molecule has 2 atom stereocenters. The highest BCUT2D eigenvalue weighted by Gasteiger charge is 2.33. The van der Waals surface area contributed by atoms with Crippen LogP contribution in [-0.2, 0) is 14.3 Å². The molecule has 2 saturated heterocycles. The van der Waals surface area contributed by atoms with Gasteiger partial charge in [-0.1, -0.05) is 12.8 Å². The van der Waals surface area contributed by atoms with Crippen LogP contribution < -0.4 is 11.1 Å². The number of nitrogens with zero attached hydrogens (tertiary/aromatic N) is 2. The van der Waals surface area contributed by atoms with Crippen molar-refractivity contribution >= 4 is 17.8 Å². The lowest BCUT2D eigenvalue weighted by Crippen LogP contribution is -2.53. The van der Waals surface area contributed by atoms with Crippen molar-refractivity contribution in [2.75, 3.05) is 32.8 Å². The molecular weight excluding hydrogens is 410 g/mol. The molecule has 0 aromatic carbocycles. The highest BCUT2D eigenvalue weighted by Crippen LogP contribution is 2.25. The van der Waals surface area contributed by atoms with E-state index in [9.17, 15) is 14.7 Å². The zero-order valence-electron chi connectivity index (χ0n) is 19.3. The van der Waals surface area contributed by atoms with Crippen LogP contribution in [0, 0.1) is 11.3 Å². The van der Waals surface area contributed by atoms with Gasteiger partial charge in [-0.15, -0.1) is 0 Å². The molecule has 3 rings (SSSR count). The number of nitrogens with two attached hydrogens (primary N) is 1. The number of nitrogens with one attached hydrogen (secondary N) is 2. The van der Waals surface area contributed by atoms with Gasteiger partial charge in [0, 0.05) is 32.3 Å². The second-order valence-corrected chi connectivity index (χ2v) is 9.62. The topological polar surface area (TPSA) is 132 Å². The number of piperidine rings is 2. The molecule has 0 aromatic rings. The number of likely N-dealkylation sites (tertiary alicyclic amines) is 2. The van der Waals surface area contributed by atoms with Crippen molar-refractivity contribution in [3.8, 4) is 0 Å². The van der Waals surface area contributed by atoms with E-state index in [1.807, 2.05) is 9.80 Å². The van der Waals surface area contributed by atoms with Gasteiger partial charge in [0.25, 0.3) is 0 Å². The van der Waals surface area contributed by atoms with E-state index >= 15 is 0 Å². The first kappa shape index (κ1) is 24.8. The summed E-state index contributed by atoms with van der Waals surface area (Å²) in [6.07, 6.45) is 10.3. The first-order chi connectivity index (χ1) is 15.4. The molecule has 2 aliphatic heterocycles. The number of ether oxygens (including phenoxy) is 1. The summed E-state index contributed by atoms with van der Waals surface area (Å²) in [5.41, 5.74) is 5.55. The molecule has 182 valence electrons. The summed E-state index contributed by atoms with van der Waals surface area (Å²) in [5, 5.41) is 20.2. The molecule has 1 unspecified atom stereocenters. The quantitative estimate of drug-likeness (QED) is 0.294. The van der Waals surface area contributed by atoms with E-state index in [0.717, 1.165) is 71.0 Å². The van der Waals surface area contributed by atoms with Crippen molar-refractivity contribution in [3.05, 3.63) is 0 Å². The third-order valence-corrected chi connectivity index (χ3v) is 7.30. The van der Waals surface area contributed by atoms with Crippen molar-refractivity contribution in [2.45, 2.75) is 88.8 Å². The fourth-order valence-corrected chi connectivity index (χ4v) is 5.37. The lowest BCUT2D eigenvalue weighted by atomic mass is 9.97. The van der Waals surface area contributed by atoms with E-state index in [4.69, 9.17) is 15.9 Å². The number of carbonyl (C=O) groups is 2. The average molecular weight is 452 g/mol. The third kappa shape index (κ3) is 7.33. The first-order valence-electron chi connectivity index (χ1n) is 12.4. The maximum atomic E-state index is 13.3. The summed E-state index contributed by atoms with van der Waals surface area (Å²) in [7, 11) is 0. The van der Waals surface area contributed by atoms with E-state index in [2.05, 4.69) is 5.32 Å². The fourth-order valence-electron chi connectivity index (χ4n) is 5.37. The average Bonchev–Trinajstić information content (AvgIpc) is 3.30. The predicted octanol–water partition coefficient (Wildman–Crippen LogP) is 1.76. The van der Waals surface area contributed by atoms with Gasteiger partial charge in [-0.05, 0) is 63.8 Å². The van der Waals surface area contributed by atoms with Gasteiger partial charge < -0.3 is 30.7 Å². The number of aliphatic carboxylic acids is 1. The first-order valence-corrected chi connectivity index (χ1v) is 12.4. The Morgan fingerprint density at radius 3 is 2.41 bits per heavy atom. The molecule has 1 amide bonds. The van der Waals surface area contributed by atoms with Gasteiger partial charge >= 0.3 is 5.97 Å².